The first-order valence-corrected chi connectivity index (χ1v) is 3.77. The monoisotopic (exact) mass is 175 g/mol. The number of amides is 1. The highest BCUT2D eigenvalue weighted by Crippen LogP contribution is 2.07. The molecule has 0 bridgehead atoms. The largest absolute Gasteiger partial charge is 0.361 e. The van der Waals surface area contributed by atoms with Gasteiger partial charge in [-0.3, -0.25) is 4.79 Å². The van der Waals surface area contributed by atoms with Crippen molar-refractivity contribution in [1.82, 2.24) is 0 Å². The molecular weight excluding hydrogens is 166 g/mol. The van der Waals surface area contributed by atoms with Crippen molar-refractivity contribution in [2.75, 3.05) is 5.32 Å². The second kappa shape index (κ2) is 4.18. The number of nitrogens with one attached hydrogen (secondary N) is 1. The lowest BCUT2D eigenvalue weighted by atomic mass is 10.2. The van der Waals surface area contributed by atoms with Gasteiger partial charge in [0, 0.05) is 5.69 Å². The molecule has 1 aromatic carbocycles. The van der Waals surface area contributed by atoms with Crippen molar-refractivity contribution in [2.24, 2.45) is 0 Å². The molecule has 13 heavy (non-hydrogen) atoms. The average Bonchev–Trinajstić information content (AvgIpc) is 2.09. The van der Waals surface area contributed by atoms with Crippen LogP contribution in [0.4, 0.5) is 5.69 Å². The summed E-state index contributed by atoms with van der Waals surface area (Å²) in [5.41, 5.74) is 9.86. The zero-order chi connectivity index (χ0) is 9.68. The molecule has 1 aromatic rings. The minimum Gasteiger partial charge on any atom is -0.361 e. The highest BCUT2D eigenvalue weighted by Gasteiger charge is 2.00. The Bertz CT molecular complexity index is 350. The fourth-order valence-electron chi connectivity index (χ4n) is 0.864. The lowest BCUT2D eigenvalue weighted by Crippen LogP contribution is -2.12. The molecule has 66 valence electrons. The summed E-state index contributed by atoms with van der Waals surface area (Å²) in [4.78, 5) is 13.5. The minimum absolute atomic E-state index is 0.452. The molecule has 0 unspecified atom stereocenters. The van der Waals surface area contributed by atoms with Crippen molar-refractivity contribution < 1.29 is 9.58 Å². The third-order valence-electron chi connectivity index (χ3n) is 1.49. The zero-order valence-electron chi connectivity index (χ0n) is 7.19. The Kier molecular flexibility index (Phi) is 2.95. The zero-order valence-corrected chi connectivity index (χ0v) is 7.19. The maximum absolute atomic E-state index is 10.9. The number of aryl methyl sites for hydroxylation is 1. The summed E-state index contributed by atoms with van der Waals surface area (Å²) in [6, 6.07) is 7.31. The van der Waals surface area contributed by atoms with Gasteiger partial charge in [0.1, 0.15) is 0 Å². The highest BCUT2D eigenvalue weighted by atomic mass is 16.1. The fourth-order valence-corrected chi connectivity index (χ4v) is 0.864. The van der Waals surface area contributed by atoms with Crippen LogP contribution in [0.25, 0.3) is 5.53 Å². The maximum atomic E-state index is 10.9. The molecule has 0 atom stereocenters. The number of hydrogen-bond donors (Lipinski definition) is 1. The van der Waals surface area contributed by atoms with Gasteiger partial charge in [0.15, 0.2) is 0 Å². The van der Waals surface area contributed by atoms with Crippen LogP contribution < -0.4 is 5.32 Å². The van der Waals surface area contributed by atoms with Gasteiger partial charge in [-0.1, -0.05) is 17.7 Å². The van der Waals surface area contributed by atoms with Gasteiger partial charge in [-0.05, 0) is 19.1 Å². The maximum Gasteiger partial charge on any atom is 0.344 e. The van der Waals surface area contributed by atoms with Crippen LogP contribution in [0.15, 0.2) is 24.3 Å². The number of nitrogens with zero attached hydrogens (tertiary/aromatic N) is 2. The Morgan fingerprint density at radius 2 is 2.08 bits per heavy atom. The summed E-state index contributed by atoms with van der Waals surface area (Å²) in [5.74, 6) is -0.452. The Hall–Kier alpha value is -1.93. The normalized spacial score (nSPS) is 8.69. The van der Waals surface area contributed by atoms with Crippen molar-refractivity contribution in [3.8, 4) is 0 Å². The van der Waals surface area contributed by atoms with E-state index in [0.29, 0.717) is 5.69 Å². The van der Waals surface area contributed by atoms with Crippen LogP contribution >= 0.6 is 0 Å². The molecule has 0 aliphatic heterocycles. The van der Waals surface area contributed by atoms with Crippen LogP contribution in [0.2, 0.25) is 0 Å². The van der Waals surface area contributed by atoms with Crippen LogP contribution in [0.3, 0.4) is 0 Å². The third kappa shape index (κ3) is 2.89. The van der Waals surface area contributed by atoms with Crippen LogP contribution in [0.5, 0.6) is 0 Å². The highest BCUT2D eigenvalue weighted by molar-refractivity contribution is 6.29. The van der Waals surface area contributed by atoms with E-state index in [0.717, 1.165) is 11.8 Å². The SMILES string of the molecule is Cc1ccc(NC(=O)C=[N+]=[N-])cc1. The van der Waals surface area contributed by atoms with Gasteiger partial charge in [-0.25, -0.2) is 0 Å². The van der Waals surface area contributed by atoms with E-state index < -0.39 is 5.91 Å². The van der Waals surface area contributed by atoms with E-state index in [1.54, 1.807) is 12.1 Å². The van der Waals surface area contributed by atoms with Crippen LogP contribution in [-0.4, -0.2) is 16.9 Å². The summed E-state index contributed by atoms with van der Waals surface area (Å²) in [6.07, 6.45) is 0.805. The molecule has 0 radical (unpaired) electrons. The quantitative estimate of drug-likeness (QED) is 0.410. The Balaban J connectivity index is 2.69. The lowest BCUT2D eigenvalue weighted by molar-refractivity contribution is -0.113. The smallest absolute Gasteiger partial charge is 0.344 e. The molecule has 0 fully saturated rings. The van der Waals surface area contributed by atoms with Crippen LogP contribution in [0, 0.1) is 6.92 Å². The van der Waals surface area contributed by atoms with E-state index in [1.165, 1.54) is 0 Å². The number of anilines is 1. The Labute approximate surface area is 75.8 Å². The van der Waals surface area contributed by atoms with E-state index in [9.17, 15) is 4.79 Å². The van der Waals surface area contributed by atoms with Gasteiger partial charge >= 0.3 is 12.1 Å². The molecule has 0 saturated carbocycles. The average molecular weight is 175 g/mol. The van der Waals surface area contributed by atoms with Gasteiger partial charge in [0.2, 0.25) is 0 Å². The van der Waals surface area contributed by atoms with E-state index in [4.69, 9.17) is 5.53 Å². The fraction of sp³-hybridized carbons (Fsp3) is 0.111. The van der Waals surface area contributed by atoms with Crippen molar-refractivity contribution in [1.29, 1.82) is 0 Å². The Morgan fingerprint density at radius 1 is 1.46 bits per heavy atom. The van der Waals surface area contributed by atoms with Gasteiger partial charge in [-0.15, -0.1) is 0 Å². The number of hydrogen-bond acceptors (Lipinski definition) is 1. The van der Waals surface area contributed by atoms with Gasteiger partial charge in [0.25, 0.3) is 0 Å². The molecular formula is C9H9N3O. The standard InChI is InChI=1S/C9H9N3O/c1-7-2-4-8(5-3-7)12-9(13)6-11-10/h2-6H,1H3,(H,12,13). The molecule has 1 amide bonds. The molecule has 0 saturated heterocycles. The van der Waals surface area contributed by atoms with Crippen LogP contribution in [-0.2, 0) is 4.79 Å². The molecule has 0 aliphatic carbocycles. The summed E-state index contributed by atoms with van der Waals surface area (Å²) in [5, 5.41) is 2.52. The number of benzene rings is 1. The van der Waals surface area contributed by atoms with Crippen molar-refractivity contribution in [3.05, 3.63) is 35.4 Å². The molecule has 1 rings (SSSR count). The van der Waals surface area contributed by atoms with Gasteiger partial charge in [-0.2, -0.15) is 4.79 Å². The number of carbonyl (C=O) groups excluding carboxylic acids is 1. The second-order valence-corrected chi connectivity index (χ2v) is 2.60. The van der Waals surface area contributed by atoms with Gasteiger partial charge < -0.3 is 10.8 Å². The van der Waals surface area contributed by atoms with E-state index in [1.807, 2.05) is 19.1 Å². The lowest BCUT2D eigenvalue weighted by Gasteiger charge is -1.99. The van der Waals surface area contributed by atoms with E-state index in [2.05, 4.69) is 10.1 Å². The number of carbonyl (C=O) groups is 1. The molecule has 0 heterocycles. The topological polar surface area (TPSA) is 65.5 Å². The van der Waals surface area contributed by atoms with E-state index >= 15 is 0 Å². The van der Waals surface area contributed by atoms with Crippen molar-refractivity contribution >= 4 is 17.8 Å². The molecule has 0 aliphatic rings. The first-order valence-electron chi connectivity index (χ1n) is 3.77. The van der Waals surface area contributed by atoms with Crippen molar-refractivity contribution in [2.45, 2.75) is 6.92 Å². The first kappa shape index (κ1) is 9.16. The number of rotatable bonds is 2. The molecule has 4 nitrogen and oxygen atoms in total. The summed E-state index contributed by atoms with van der Waals surface area (Å²) in [7, 11) is 0. The minimum atomic E-state index is -0.452. The van der Waals surface area contributed by atoms with Crippen LogP contribution in [0.1, 0.15) is 5.56 Å². The third-order valence-corrected chi connectivity index (χ3v) is 1.49. The summed E-state index contributed by atoms with van der Waals surface area (Å²) >= 11 is 0. The molecule has 0 spiro atoms. The van der Waals surface area contributed by atoms with Gasteiger partial charge in [0.05, 0.1) is 0 Å². The predicted octanol–water partition coefficient (Wildman–Crippen LogP) is 1.23. The second-order valence-electron chi connectivity index (χ2n) is 2.60. The summed E-state index contributed by atoms with van der Waals surface area (Å²) < 4.78 is 0. The predicted molar refractivity (Wildman–Crippen MR) is 49.5 cm³/mol. The van der Waals surface area contributed by atoms with Crippen molar-refractivity contribution in [3.63, 3.8) is 0 Å². The van der Waals surface area contributed by atoms with E-state index in [-0.39, 0.29) is 0 Å². The molecule has 0 aromatic heterocycles. The Morgan fingerprint density at radius 3 is 2.62 bits per heavy atom. The first-order chi connectivity index (χ1) is 6.22. The molecule has 1 N–H and O–H groups in total. The summed E-state index contributed by atoms with van der Waals surface area (Å²) in [6.45, 7) is 1.96. The molecule has 4 heteroatoms.